The molecule has 17 heteroatoms. The molecule has 58 heavy (non-hydrogen) atoms. The minimum absolute atomic E-state index is 0.113. The minimum atomic E-state index is -0.491. The van der Waals surface area contributed by atoms with Gasteiger partial charge >= 0.3 is 6.03 Å². The molecule has 0 radical (unpaired) electrons. The maximum Gasteiger partial charge on any atom is 0.328 e. The molecule has 0 bridgehead atoms. The van der Waals surface area contributed by atoms with E-state index in [-0.39, 0.29) is 23.3 Å². The summed E-state index contributed by atoms with van der Waals surface area (Å²) in [5.74, 6) is 1.35. The van der Waals surface area contributed by atoms with Gasteiger partial charge in [-0.15, -0.1) is 5.10 Å². The van der Waals surface area contributed by atoms with Crippen molar-refractivity contribution in [2.24, 2.45) is 5.92 Å². The number of rotatable bonds is 11. The Morgan fingerprint density at radius 2 is 1.83 bits per heavy atom. The third-order valence-corrected chi connectivity index (χ3v) is 11.8. The number of amides is 3. The van der Waals surface area contributed by atoms with Crippen molar-refractivity contribution in [3.63, 3.8) is 0 Å². The first-order chi connectivity index (χ1) is 28.2. The summed E-state index contributed by atoms with van der Waals surface area (Å²) in [5, 5.41) is 38.9. The Bertz CT molecular complexity index is 2380. The molecule has 8 rings (SSSR count). The molecule has 4 aromatic heterocycles. The van der Waals surface area contributed by atoms with Crippen molar-refractivity contribution in [1.29, 1.82) is 10.5 Å². The van der Waals surface area contributed by atoms with E-state index >= 15 is 0 Å². The molecule has 298 valence electrons. The number of benzene rings is 1. The zero-order valence-corrected chi connectivity index (χ0v) is 32.8. The van der Waals surface area contributed by atoms with Gasteiger partial charge in [-0.3, -0.25) is 19.9 Å². The summed E-state index contributed by atoms with van der Waals surface area (Å²) < 4.78 is 3.27. The number of piperazine rings is 1. The molecule has 1 saturated carbocycles. The average Bonchev–Trinajstić information content (AvgIpc) is 3.90. The van der Waals surface area contributed by atoms with Crippen molar-refractivity contribution in [2.45, 2.75) is 76.8 Å². The Morgan fingerprint density at radius 1 is 1.03 bits per heavy atom. The number of anilines is 4. The number of fused-ring (bicyclic) bond motifs is 1. The lowest BCUT2D eigenvalue weighted by atomic mass is 9.79. The maximum atomic E-state index is 12.3. The smallest absolute Gasteiger partial charge is 0.328 e. The fraction of sp³-hybridized carbons (Fsp3) is 0.439. The van der Waals surface area contributed by atoms with Crippen molar-refractivity contribution in [3.05, 3.63) is 66.2 Å². The average molecular weight is 782 g/mol. The molecule has 3 fully saturated rings. The van der Waals surface area contributed by atoms with Crippen LogP contribution < -0.4 is 26.2 Å². The lowest BCUT2D eigenvalue weighted by molar-refractivity contribution is -0.120. The molecule has 6 heterocycles. The van der Waals surface area contributed by atoms with Gasteiger partial charge in [0.2, 0.25) is 5.91 Å². The Kier molecular flexibility index (Phi) is 10.9. The number of pyridine rings is 2. The van der Waals surface area contributed by atoms with Crippen molar-refractivity contribution in [2.75, 3.05) is 53.6 Å². The Balaban J connectivity index is 0.861. The summed E-state index contributed by atoms with van der Waals surface area (Å²) in [7, 11) is 0. The van der Waals surface area contributed by atoms with Gasteiger partial charge in [-0.2, -0.15) is 20.3 Å². The third-order valence-electron chi connectivity index (χ3n) is 11.8. The number of carbonyl (C=O) groups is 2. The predicted octanol–water partition coefficient (Wildman–Crippen LogP) is 4.89. The highest BCUT2D eigenvalue weighted by Crippen LogP contribution is 2.37. The summed E-state index contributed by atoms with van der Waals surface area (Å²) in [6.07, 6.45) is 12.2. The molecule has 4 N–H and O–H groups in total. The van der Waals surface area contributed by atoms with Gasteiger partial charge in [-0.1, -0.05) is 12.1 Å². The van der Waals surface area contributed by atoms with Crippen LogP contribution in [0.25, 0.3) is 22.5 Å². The van der Waals surface area contributed by atoms with Gasteiger partial charge in [-0.05, 0) is 88.2 Å². The number of nitriles is 2. The van der Waals surface area contributed by atoms with E-state index in [1.54, 1.807) is 45.7 Å². The number of nitrogens with one attached hydrogen (secondary N) is 2. The Hall–Kier alpha value is -6.59. The number of nitrogen functional groups attached to an aromatic ring is 1. The maximum absolute atomic E-state index is 12.3. The summed E-state index contributed by atoms with van der Waals surface area (Å²) in [6.45, 7) is 8.52. The Morgan fingerprint density at radius 3 is 2.57 bits per heavy atom. The number of hydrogen-bond donors (Lipinski definition) is 3. The topological polar surface area (TPSA) is 216 Å². The third kappa shape index (κ3) is 7.86. The van der Waals surface area contributed by atoms with E-state index < -0.39 is 6.04 Å². The lowest BCUT2D eigenvalue weighted by Crippen LogP contribution is -2.53. The molecule has 3 aliphatic rings. The van der Waals surface area contributed by atoms with Crippen LogP contribution in [0.15, 0.2) is 55.0 Å². The number of carbonyl (C=O) groups excluding carboxylic acids is 2. The van der Waals surface area contributed by atoms with E-state index in [0.29, 0.717) is 59.1 Å². The van der Waals surface area contributed by atoms with Crippen molar-refractivity contribution in [3.8, 4) is 23.6 Å². The van der Waals surface area contributed by atoms with Gasteiger partial charge in [-0.25, -0.2) is 19.4 Å². The van der Waals surface area contributed by atoms with Gasteiger partial charge in [0.05, 0.1) is 41.6 Å². The van der Waals surface area contributed by atoms with Crippen molar-refractivity contribution >= 4 is 45.9 Å². The van der Waals surface area contributed by atoms with E-state index in [1.807, 2.05) is 24.4 Å². The summed E-state index contributed by atoms with van der Waals surface area (Å²) >= 11 is 0. The summed E-state index contributed by atoms with van der Waals surface area (Å²) in [5.41, 5.74) is 11.0. The largest absolute Gasteiger partial charge is 0.383 e. The molecule has 2 saturated heterocycles. The van der Waals surface area contributed by atoms with Crippen LogP contribution in [0, 0.1) is 28.6 Å². The van der Waals surface area contributed by atoms with Gasteiger partial charge in [0.15, 0.2) is 11.5 Å². The highest BCUT2D eigenvalue weighted by molar-refractivity contribution is 6.05. The molecule has 0 spiro atoms. The van der Waals surface area contributed by atoms with Crippen LogP contribution in [-0.2, 0) is 4.79 Å². The molecule has 0 unspecified atom stereocenters. The van der Waals surface area contributed by atoms with Crippen molar-refractivity contribution < 1.29 is 9.59 Å². The quantitative estimate of drug-likeness (QED) is 0.163. The number of nitrogens with two attached hydrogens (primary N) is 1. The molecule has 2 aliphatic heterocycles. The molecule has 3 amide bonds. The first kappa shape index (κ1) is 38.3. The van der Waals surface area contributed by atoms with E-state index in [2.05, 4.69) is 70.9 Å². The SMILES string of the molecule is CC[C@@H]1CN(CCC2CCC(c3cn(-c4cnc(-n5ncc6cc(C#N)c(N)nc65)cc4N[C@H](C)C#N)nn3)CC2)CCN1c1ccc(N2CCC(=O)NC2=O)cc1. The van der Waals surface area contributed by atoms with Crippen LogP contribution in [0.1, 0.15) is 76.0 Å². The first-order valence-corrected chi connectivity index (χ1v) is 20.0. The second kappa shape index (κ2) is 16.5. The number of urea groups is 1. The normalized spacial score (nSPS) is 20.7. The summed E-state index contributed by atoms with van der Waals surface area (Å²) in [4.78, 5) is 39.7. The highest BCUT2D eigenvalue weighted by atomic mass is 16.2. The van der Waals surface area contributed by atoms with Gasteiger partial charge in [0.1, 0.15) is 23.6 Å². The lowest BCUT2D eigenvalue weighted by Gasteiger charge is -2.43. The zero-order valence-electron chi connectivity index (χ0n) is 32.8. The zero-order chi connectivity index (χ0) is 40.3. The number of nitrogens with zero attached hydrogens (tertiary/aromatic N) is 12. The molecule has 1 aliphatic carbocycles. The second-order valence-electron chi connectivity index (χ2n) is 15.5. The standard InChI is InChI=1S/C41H47N15O2/c1-3-31-24-52(16-17-53(31)32-8-10-33(11-9-32)54-15-13-38(57)48-41(54)58)14-12-27-4-6-28(7-5-27)35-25-55(51-50-35)36-23-45-37(19-34(36)47-26(2)20-42)56-40-30(22-46-56)18-29(21-43)39(44)49-40/h8-11,18-19,22-23,25-28,31H,3-7,12-17,24H2,1-2H3,(H2,44,49)(H,45,47)(H,48,57,58)/t26-,27?,28?,31-/m1/s1. The molecule has 2 atom stereocenters. The molecular formula is C41H47N15O2. The summed E-state index contributed by atoms with van der Waals surface area (Å²) in [6, 6.07) is 15.4. The van der Waals surface area contributed by atoms with E-state index in [4.69, 9.17) is 5.73 Å². The predicted molar refractivity (Wildman–Crippen MR) is 219 cm³/mol. The Labute approximate surface area is 336 Å². The number of hydrogen-bond acceptors (Lipinski definition) is 13. The molecule has 17 nitrogen and oxygen atoms in total. The van der Waals surface area contributed by atoms with Crippen LogP contribution in [0.5, 0.6) is 0 Å². The van der Waals surface area contributed by atoms with Crippen LogP contribution in [0.2, 0.25) is 0 Å². The molecular weight excluding hydrogens is 735 g/mol. The minimum Gasteiger partial charge on any atom is -0.383 e. The van der Waals surface area contributed by atoms with E-state index in [0.717, 1.165) is 69.7 Å². The molecule has 1 aromatic carbocycles. The van der Waals surface area contributed by atoms with Gasteiger partial charge in [0, 0.05) is 67.4 Å². The number of imide groups is 1. The first-order valence-electron chi connectivity index (χ1n) is 20.0. The number of aromatic nitrogens is 7. The molecule has 5 aromatic rings. The van der Waals surface area contributed by atoms with Gasteiger partial charge < -0.3 is 16.0 Å². The van der Waals surface area contributed by atoms with Crippen LogP contribution >= 0.6 is 0 Å². The second-order valence-corrected chi connectivity index (χ2v) is 15.5. The van der Waals surface area contributed by atoms with Crippen LogP contribution in [0.3, 0.4) is 0 Å². The van der Waals surface area contributed by atoms with Crippen LogP contribution in [0.4, 0.5) is 27.7 Å². The fourth-order valence-electron chi connectivity index (χ4n) is 8.49. The van der Waals surface area contributed by atoms with Gasteiger partial charge in [0.25, 0.3) is 0 Å². The van der Waals surface area contributed by atoms with E-state index in [9.17, 15) is 20.1 Å². The van der Waals surface area contributed by atoms with Crippen molar-refractivity contribution in [1.82, 2.24) is 45.0 Å². The van der Waals surface area contributed by atoms with Crippen LogP contribution in [-0.4, -0.2) is 96.4 Å². The fourth-order valence-corrected chi connectivity index (χ4v) is 8.49. The highest BCUT2D eigenvalue weighted by Gasteiger charge is 2.30. The monoisotopic (exact) mass is 781 g/mol. The van der Waals surface area contributed by atoms with E-state index in [1.165, 1.54) is 12.1 Å².